The van der Waals surface area contributed by atoms with Crippen molar-refractivity contribution in [1.82, 2.24) is 9.88 Å². The molecule has 2 heterocycles. The number of nitrogens with one attached hydrogen (secondary N) is 1. The molecule has 1 aromatic carbocycles. The molecule has 0 atom stereocenters. The van der Waals surface area contributed by atoms with Crippen LogP contribution in [-0.4, -0.2) is 40.6 Å². The summed E-state index contributed by atoms with van der Waals surface area (Å²) in [5, 5.41) is 9.73. The normalized spacial score (nSPS) is 15.5. The number of hydrogen-bond acceptors (Lipinski definition) is 3. The second-order valence-corrected chi connectivity index (χ2v) is 4.85. The number of para-hydroxylation sites is 1. The van der Waals surface area contributed by atoms with Crippen molar-refractivity contribution in [2.24, 2.45) is 5.92 Å². The van der Waals surface area contributed by atoms with Crippen LogP contribution < -0.4 is 5.56 Å². The van der Waals surface area contributed by atoms with Gasteiger partial charge < -0.3 is 15.0 Å². The number of benzene rings is 1. The molecule has 0 aliphatic carbocycles. The standard InChI is InChI=1S/C14H14N2O3/c17-8-9-6-16(7-9)14(19)11-5-13(18)15-12-4-2-1-3-10(11)12/h1-5,9,17H,6-8H2,(H,15,18). The number of pyridine rings is 1. The minimum Gasteiger partial charge on any atom is -0.396 e. The SMILES string of the molecule is O=C(c1cc(=O)[nH]c2ccccc12)N1CC(CO)C1. The number of aliphatic hydroxyl groups excluding tert-OH is 1. The van der Waals surface area contributed by atoms with E-state index < -0.39 is 0 Å². The number of hydrogen-bond donors (Lipinski definition) is 2. The van der Waals surface area contributed by atoms with Crippen LogP contribution in [0.1, 0.15) is 10.4 Å². The van der Waals surface area contributed by atoms with E-state index in [9.17, 15) is 9.59 Å². The van der Waals surface area contributed by atoms with Crippen molar-refractivity contribution in [2.75, 3.05) is 19.7 Å². The number of fused-ring (bicyclic) bond motifs is 1. The third-order valence-corrected chi connectivity index (χ3v) is 3.48. The van der Waals surface area contributed by atoms with Gasteiger partial charge in [-0.2, -0.15) is 0 Å². The van der Waals surface area contributed by atoms with E-state index in [1.807, 2.05) is 18.2 Å². The molecule has 5 nitrogen and oxygen atoms in total. The average Bonchev–Trinajstić information content (AvgIpc) is 2.36. The second-order valence-electron chi connectivity index (χ2n) is 4.85. The summed E-state index contributed by atoms with van der Waals surface area (Å²) in [6.45, 7) is 1.20. The number of aromatic amines is 1. The van der Waals surface area contributed by atoms with Crippen LogP contribution in [0.4, 0.5) is 0 Å². The minimum absolute atomic E-state index is 0.0971. The first-order valence-electron chi connectivity index (χ1n) is 6.21. The predicted octanol–water partition coefficient (Wildman–Crippen LogP) is 0.592. The molecule has 1 fully saturated rings. The summed E-state index contributed by atoms with van der Waals surface area (Å²) in [4.78, 5) is 28.3. The van der Waals surface area contributed by atoms with Crippen molar-refractivity contribution in [3.8, 4) is 0 Å². The summed E-state index contributed by atoms with van der Waals surface area (Å²) in [6, 6.07) is 8.60. The van der Waals surface area contributed by atoms with Gasteiger partial charge in [0, 0.05) is 42.6 Å². The van der Waals surface area contributed by atoms with Gasteiger partial charge in [-0.15, -0.1) is 0 Å². The molecular formula is C14H14N2O3. The average molecular weight is 258 g/mol. The molecule has 2 aromatic rings. The van der Waals surface area contributed by atoms with Gasteiger partial charge in [-0.25, -0.2) is 0 Å². The Bertz CT molecular complexity index is 686. The van der Waals surface area contributed by atoms with Gasteiger partial charge in [-0.3, -0.25) is 9.59 Å². The fourth-order valence-electron chi connectivity index (χ4n) is 2.40. The first kappa shape index (κ1) is 11.9. The highest BCUT2D eigenvalue weighted by atomic mass is 16.3. The monoisotopic (exact) mass is 258 g/mol. The predicted molar refractivity (Wildman–Crippen MR) is 71.0 cm³/mol. The minimum atomic E-state index is -0.277. The molecule has 98 valence electrons. The van der Waals surface area contributed by atoms with Crippen LogP contribution in [0.5, 0.6) is 0 Å². The molecule has 0 saturated carbocycles. The van der Waals surface area contributed by atoms with Gasteiger partial charge in [0.25, 0.3) is 5.91 Å². The highest BCUT2D eigenvalue weighted by Gasteiger charge is 2.31. The number of likely N-dealkylation sites (tertiary alicyclic amines) is 1. The van der Waals surface area contributed by atoms with Crippen LogP contribution in [0.3, 0.4) is 0 Å². The number of H-pyrrole nitrogens is 1. The Hall–Kier alpha value is -2.14. The molecule has 0 bridgehead atoms. The Balaban J connectivity index is 2.01. The van der Waals surface area contributed by atoms with E-state index in [1.165, 1.54) is 6.07 Å². The summed E-state index contributed by atoms with van der Waals surface area (Å²) >= 11 is 0. The number of carbonyl (C=O) groups excluding carboxylic acids is 1. The van der Waals surface area contributed by atoms with Crippen LogP contribution >= 0.6 is 0 Å². The number of aromatic nitrogens is 1. The Labute approximate surface area is 109 Å². The number of carbonyl (C=O) groups is 1. The highest BCUT2D eigenvalue weighted by Crippen LogP contribution is 2.21. The second kappa shape index (κ2) is 4.51. The van der Waals surface area contributed by atoms with Crippen molar-refractivity contribution in [2.45, 2.75) is 0 Å². The molecule has 1 amide bonds. The molecule has 1 aliphatic rings. The van der Waals surface area contributed by atoms with Crippen molar-refractivity contribution in [3.05, 3.63) is 46.2 Å². The summed E-state index contributed by atoms with van der Waals surface area (Å²) in [6.07, 6.45) is 0. The number of nitrogens with zero attached hydrogens (tertiary/aromatic N) is 1. The van der Waals surface area contributed by atoms with Crippen molar-refractivity contribution in [1.29, 1.82) is 0 Å². The molecule has 3 rings (SSSR count). The zero-order chi connectivity index (χ0) is 13.4. The Kier molecular flexibility index (Phi) is 2.83. The lowest BCUT2D eigenvalue weighted by molar-refractivity contribution is 0.0363. The van der Waals surface area contributed by atoms with Crippen molar-refractivity contribution >= 4 is 16.8 Å². The Morgan fingerprint density at radius 2 is 2.11 bits per heavy atom. The smallest absolute Gasteiger partial charge is 0.254 e. The van der Waals surface area contributed by atoms with E-state index in [0.717, 1.165) is 5.39 Å². The van der Waals surface area contributed by atoms with Gasteiger partial charge >= 0.3 is 0 Å². The van der Waals surface area contributed by atoms with Crippen LogP contribution in [-0.2, 0) is 0 Å². The van der Waals surface area contributed by atoms with Crippen molar-refractivity contribution < 1.29 is 9.90 Å². The Morgan fingerprint density at radius 3 is 2.84 bits per heavy atom. The van der Waals surface area contributed by atoms with E-state index in [0.29, 0.717) is 24.2 Å². The third-order valence-electron chi connectivity index (χ3n) is 3.48. The van der Waals surface area contributed by atoms with Crippen LogP contribution in [0.15, 0.2) is 35.1 Å². The van der Waals surface area contributed by atoms with Gasteiger partial charge in [0.2, 0.25) is 5.56 Å². The van der Waals surface area contributed by atoms with Gasteiger partial charge in [0.1, 0.15) is 0 Å². The molecule has 5 heteroatoms. The fraction of sp³-hybridized carbons (Fsp3) is 0.286. The zero-order valence-corrected chi connectivity index (χ0v) is 10.3. The van der Waals surface area contributed by atoms with Crippen LogP contribution in [0, 0.1) is 5.92 Å². The Morgan fingerprint density at radius 1 is 1.37 bits per heavy atom. The lowest BCUT2D eigenvalue weighted by atomic mass is 9.99. The molecule has 0 spiro atoms. The maximum absolute atomic E-state index is 12.3. The largest absolute Gasteiger partial charge is 0.396 e. The van der Waals surface area contributed by atoms with Crippen LogP contribution in [0.25, 0.3) is 10.9 Å². The number of aliphatic hydroxyl groups is 1. The fourth-order valence-corrected chi connectivity index (χ4v) is 2.40. The number of amides is 1. The summed E-state index contributed by atoms with van der Waals surface area (Å²) in [5.41, 5.74) is 0.814. The third kappa shape index (κ3) is 2.02. The van der Waals surface area contributed by atoms with Gasteiger partial charge in [0.05, 0.1) is 5.56 Å². The molecular weight excluding hydrogens is 244 g/mol. The number of rotatable bonds is 2. The van der Waals surface area contributed by atoms with E-state index >= 15 is 0 Å². The topological polar surface area (TPSA) is 73.4 Å². The first-order chi connectivity index (χ1) is 9.19. The summed E-state index contributed by atoms with van der Waals surface area (Å²) < 4.78 is 0. The van der Waals surface area contributed by atoms with E-state index in [4.69, 9.17) is 5.11 Å². The van der Waals surface area contributed by atoms with Gasteiger partial charge in [-0.05, 0) is 6.07 Å². The van der Waals surface area contributed by atoms with Gasteiger partial charge in [0.15, 0.2) is 0 Å². The lowest BCUT2D eigenvalue weighted by Crippen LogP contribution is -2.51. The van der Waals surface area contributed by atoms with E-state index in [-0.39, 0.29) is 24.0 Å². The molecule has 19 heavy (non-hydrogen) atoms. The molecule has 0 unspecified atom stereocenters. The molecule has 1 aromatic heterocycles. The lowest BCUT2D eigenvalue weighted by Gasteiger charge is -2.38. The maximum Gasteiger partial charge on any atom is 0.254 e. The van der Waals surface area contributed by atoms with E-state index in [2.05, 4.69) is 4.98 Å². The summed E-state index contributed by atoms with van der Waals surface area (Å²) in [7, 11) is 0. The summed E-state index contributed by atoms with van der Waals surface area (Å²) in [5.74, 6) is 0.0178. The highest BCUT2D eigenvalue weighted by molar-refractivity contribution is 6.06. The molecule has 0 radical (unpaired) electrons. The van der Waals surface area contributed by atoms with Crippen LogP contribution in [0.2, 0.25) is 0 Å². The van der Waals surface area contributed by atoms with Crippen molar-refractivity contribution in [3.63, 3.8) is 0 Å². The van der Waals surface area contributed by atoms with E-state index in [1.54, 1.807) is 11.0 Å². The first-order valence-corrected chi connectivity index (χ1v) is 6.21. The molecule has 2 N–H and O–H groups in total. The quantitative estimate of drug-likeness (QED) is 0.828. The zero-order valence-electron chi connectivity index (χ0n) is 10.3. The van der Waals surface area contributed by atoms with Gasteiger partial charge in [-0.1, -0.05) is 18.2 Å². The molecule has 1 aliphatic heterocycles. The molecule has 1 saturated heterocycles. The maximum atomic E-state index is 12.3.